The van der Waals surface area contributed by atoms with E-state index in [1.807, 2.05) is 0 Å². The highest BCUT2D eigenvalue weighted by atomic mass is 16.3. The maximum atomic E-state index is 10.7. The molecule has 1 aromatic rings. The van der Waals surface area contributed by atoms with Crippen LogP contribution in [-0.2, 0) is 10.8 Å². The average molecular weight is 290 g/mol. The van der Waals surface area contributed by atoms with Crippen molar-refractivity contribution in [3.8, 4) is 5.75 Å². The number of phenolic OH excluding ortho intramolecular Hbond substituents is 1. The normalized spacial score (nSPS) is 20.6. The molecule has 1 aliphatic rings. The minimum atomic E-state index is -0.0673. The monoisotopic (exact) mass is 290 g/mol. The van der Waals surface area contributed by atoms with Crippen LogP contribution in [0, 0.1) is 0 Å². The fraction of sp³-hybridized carbons (Fsp3) is 0.667. The Balaban J connectivity index is 2.56. The van der Waals surface area contributed by atoms with Gasteiger partial charge in [0.2, 0.25) is 0 Å². The maximum absolute atomic E-state index is 10.7. The van der Waals surface area contributed by atoms with E-state index in [0.29, 0.717) is 11.8 Å². The number of piperazine rings is 1. The fourth-order valence-corrected chi connectivity index (χ4v) is 2.89. The summed E-state index contributed by atoms with van der Waals surface area (Å²) in [7, 11) is 0. The number of benzene rings is 1. The average Bonchev–Trinajstić information content (AvgIpc) is 2.37. The molecule has 0 aliphatic carbocycles. The Labute approximate surface area is 129 Å². The Kier molecular flexibility index (Phi) is 4.36. The van der Waals surface area contributed by atoms with Gasteiger partial charge in [0.15, 0.2) is 0 Å². The van der Waals surface area contributed by atoms with E-state index in [0.717, 1.165) is 30.8 Å². The van der Waals surface area contributed by atoms with E-state index in [-0.39, 0.29) is 10.8 Å². The molecule has 1 heterocycles. The van der Waals surface area contributed by atoms with Crippen molar-refractivity contribution in [2.75, 3.05) is 19.6 Å². The van der Waals surface area contributed by atoms with Gasteiger partial charge in [-0.15, -0.1) is 0 Å². The van der Waals surface area contributed by atoms with E-state index >= 15 is 0 Å². The molecule has 21 heavy (non-hydrogen) atoms. The third-order valence-corrected chi connectivity index (χ3v) is 4.19. The minimum absolute atomic E-state index is 0.0673. The van der Waals surface area contributed by atoms with Gasteiger partial charge in [-0.25, -0.2) is 0 Å². The van der Waals surface area contributed by atoms with Gasteiger partial charge in [0.25, 0.3) is 0 Å². The maximum Gasteiger partial charge on any atom is 0.123 e. The molecule has 0 radical (unpaired) electrons. The third-order valence-electron chi connectivity index (χ3n) is 4.19. The Bertz CT molecular complexity index is 468. The van der Waals surface area contributed by atoms with Crippen molar-refractivity contribution in [1.29, 1.82) is 0 Å². The van der Waals surface area contributed by atoms with Crippen molar-refractivity contribution >= 4 is 0 Å². The van der Waals surface area contributed by atoms with Crippen molar-refractivity contribution < 1.29 is 5.11 Å². The summed E-state index contributed by atoms with van der Waals surface area (Å²) in [5.74, 6) is 0.461. The molecule has 0 bridgehead atoms. The molecule has 3 heteroatoms. The van der Waals surface area contributed by atoms with Gasteiger partial charge in [-0.3, -0.25) is 0 Å². The highest BCUT2D eigenvalue weighted by molar-refractivity contribution is 5.50. The second-order valence-electron chi connectivity index (χ2n) is 8.18. The van der Waals surface area contributed by atoms with Crippen LogP contribution in [0.2, 0.25) is 0 Å². The van der Waals surface area contributed by atoms with Crippen molar-refractivity contribution in [2.45, 2.75) is 58.4 Å². The summed E-state index contributed by atoms with van der Waals surface area (Å²) in [6, 6.07) is 4.67. The van der Waals surface area contributed by atoms with Gasteiger partial charge in [-0.05, 0) is 39.7 Å². The highest BCUT2D eigenvalue weighted by Gasteiger charge is 2.28. The summed E-state index contributed by atoms with van der Waals surface area (Å²) in [5.41, 5.74) is 3.22. The summed E-state index contributed by atoms with van der Waals surface area (Å²) in [6.45, 7) is 15.9. The predicted octanol–water partition coefficient (Wildman–Crippen LogP) is 3.22. The molecule has 0 amide bonds. The van der Waals surface area contributed by atoms with Crippen LogP contribution in [0.3, 0.4) is 0 Å². The van der Waals surface area contributed by atoms with Gasteiger partial charge in [0, 0.05) is 25.7 Å². The molecular formula is C18H30N2O. The zero-order valence-corrected chi connectivity index (χ0v) is 14.3. The second-order valence-corrected chi connectivity index (χ2v) is 8.18. The zero-order valence-electron chi connectivity index (χ0n) is 14.3. The van der Waals surface area contributed by atoms with E-state index in [2.05, 4.69) is 64.3 Å². The molecule has 0 spiro atoms. The van der Waals surface area contributed by atoms with Crippen LogP contribution in [0.25, 0.3) is 0 Å². The molecule has 3 nitrogen and oxygen atoms in total. The minimum Gasteiger partial charge on any atom is -0.507 e. The van der Waals surface area contributed by atoms with Gasteiger partial charge in [0.05, 0.1) is 0 Å². The van der Waals surface area contributed by atoms with Gasteiger partial charge < -0.3 is 15.7 Å². The molecule has 1 aromatic carbocycles. The topological polar surface area (TPSA) is 44.3 Å². The summed E-state index contributed by atoms with van der Waals surface area (Å²) in [6.07, 6.45) is 0. The lowest BCUT2D eigenvalue weighted by Gasteiger charge is -2.31. The first-order valence-corrected chi connectivity index (χ1v) is 7.92. The Hall–Kier alpha value is -1.06. The van der Waals surface area contributed by atoms with Gasteiger partial charge >= 0.3 is 0 Å². The summed E-state index contributed by atoms with van der Waals surface area (Å²) < 4.78 is 0. The summed E-state index contributed by atoms with van der Waals surface area (Å²) >= 11 is 0. The van der Waals surface area contributed by atoms with Crippen LogP contribution < -0.4 is 10.6 Å². The SMILES string of the molecule is CC(C)(C)c1cc([C@H]2CNCCN2)cc(C(C)(C)C)c1O. The van der Waals surface area contributed by atoms with Gasteiger partial charge in [-0.1, -0.05) is 41.5 Å². The van der Waals surface area contributed by atoms with Crippen LogP contribution >= 0.6 is 0 Å². The molecule has 0 saturated carbocycles. The molecule has 0 unspecified atom stereocenters. The number of nitrogens with one attached hydrogen (secondary N) is 2. The third kappa shape index (κ3) is 3.58. The molecule has 0 aromatic heterocycles. The van der Waals surface area contributed by atoms with E-state index in [4.69, 9.17) is 0 Å². The fourth-order valence-electron chi connectivity index (χ4n) is 2.89. The number of hydrogen-bond acceptors (Lipinski definition) is 3. The first-order chi connectivity index (χ1) is 9.60. The highest BCUT2D eigenvalue weighted by Crippen LogP contribution is 2.40. The molecule has 1 aliphatic heterocycles. The first kappa shape index (κ1) is 16.3. The number of rotatable bonds is 1. The molecule has 1 fully saturated rings. The molecule has 118 valence electrons. The molecular weight excluding hydrogens is 260 g/mol. The van der Waals surface area contributed by atoms with Gasteiger partial charge in [-0.2, -0.15) is 0 Å². The molecule has 1 saturated heterocycles. The first-order valence-electron chi connectivity index (χ1n) is 7.92. The predicted molar refractivity (Wildman–Crippen MR) is 89.1 cm³/mol. The lowest BCUT2D eigenvalue weighted by Crippen LogP contribution is -2.42. The van der Waals surface area contributed by atoms with E-state index in [1.165, 1.54) is 5.56 Å². The number of phenols is 1. The van der Waals surface area contributed by atoms with Crippen LogP contribution in [-0.4, -0.2) is 24.7 Å². The van der Waals surface area contributed by atoms with E-state index in [9.17, 15) is 5.11 Å². The Morgan fingerprint density at radius 3 is 1.86 bits per heavy atom. The van der Waals surface area contributed by atoms with Crippen LogP contribution in [0.4, 0.5) is 0 Å². The van der Waals surface area contributed by atoms with Crippen molar-refractivity contribution in [2.24, 2.45) is 0 Å². The molecule has 3 N–H and O–H groups in total. The lowest BCUT2D eigenvalue weighted by atomic mass is 9.77. The molecule has 1 atom stereocenters. The largest absolute Gasteiger partial charge is 0.507 e. The van der Waals surface area contributed by atoms with E-state index in [1.54, 1.807) is 0 Å². The summed E-state index contributed by atoms with van der Waals surface area (Å²) in [4.78, 5) is 0. The molecule has 2 rings (SSSR count). The standard InChI is InChI=1S/C18H30N2O/c1-17(2,3)13-9-12(15-11-19-7-8-20-15)10-14(16(13)21)18(4,5)6/h9-10,15,19-21H,7-8,11H2,1-6H3/t15-/m1/s1. The second kappa shape index (κ2) is 5.62. The van der Waals surface area contributed by atoms with Crippen LogP contribution in [0.15, 0.2) is 12.1 Å². The summed E-state index contributed by atoms with van der Waals surface area (Å²) in [5, 5.41) is 17.8. The number of aromatic hydroxyl groups is 1. The number of hydrogen-bond donors (Lipinski definition) is 3. The smallest absolute Gasteiger partial charge is 0.123 e. The zero-order chi connectivity index (χ0) is 15.8. The van der Waals surface area contributed by atoms with Gasteiger partial charge in [0.1, 0.15) is 5.75 Å². The van der Waals surface area contributed by atoms with Crippen molar-refractivity contribution in [1.82, 2.24) is 10.6 Å². The Morgan fingerprint density at radius 1 is 0.952 bits per heavy atom. The quantitative estimate of drug-likeness (QED) is 0.744. The van der Waals surface area contributed by atoms with Crippen LogP contribution in [0.1, 0.15) is 64.3 Å². The van der Waals surface area contributed by atoms with Crippen LogP contribution in [0.5, 0.6) is 5.75 Å². The lowest BCUT2D eigenvalue weighted by molar-refractivity contribution is 0.411. The Morgan fingerprint density at radius 2 is 1.48 bits per heavy atom. The van der Waals surface area contributed by atoms with Crippen molar-refractivity contribution in [3.63, 3.8) is 0 Å². The van der Waals surface area contributed by atoms with Crippen molar-refractivity contribution in [3.05, 3.63) is 28.8 Å². The van der Waals surface area contributed by atoms with E-state index < -0.39 is 0 Å².